The van der Waals surface area contributed by atoms with Gasteiger partial charge in [0.2, 0.25) is 0 Å². The predicted octanol–water partition coefficient (Wildman–Crippen LogP) is 4.57. The lowest BCUT2D eigenvalue weighted by molar-refractivity contribution is -0.189. The Bertz CT molecular complexity index is 590. The lowest BCUT2D eigenvalue weighted by Crippen LogP contribution is -2.39. The van der Waals surface area contributed by atoms with E-state index in [9.17, 15) is 4.91 Å². The van der Waals surface area contributed by atoms with E-state index in [-0.39, 0.29) is 12.2 Å². The molecule has 1 aliphatic carbocycles. The molecule has 1 saturated heterocycles. The van der Waals surface area contributed by atoms with Gasteiger partial charge in [-0.25, -0.2) is 0 Å². The maximum atomic E-state index is 11.1. The fourth-order valence-electron chi connectivity index (χ4n) is 3.71. The zero-order valence-electron chi connectivity index (χ0n) is 15.8. The molecule has 1 aromatic carbocycles. The molecular weight excluding hydrogens is 326 g/mol. The van der Waals surface area contributed by atoms with Crippen LogP contribution >= 0.6 is 0 Å². The summed E-state index contributed by atoms with van der Waals surface area (Å²) in [4.78, 5) is 17.4. The Morgan fingerprint density at radius 2 is 2.08 bits per heavy atom. The highest BCUT2D eigenvalue weighted by atomic mass is 16.7. The van der Waals surface area contributed by atoms with Gasteiger partial charge >= 0.3 is 0 Å². The molecule has 3 atom stereocenters. The SMILES string of the molecule is CC1CC=C(CON2CCC(N=O)CCCNC2c2ccccc2)CC1. The number of hydroxylamine groups is 2. The van der Waals surface area contributed by atoms with Gasteiger partial charge in [0.05, 0.1) is 12.6 Å². The minimum absolute atomic E-state index is 0.00437. The van der Waals surface area contributed by atoms with Crippen LogP contribution in [0.3, 0.4) is 0 Å². The van der Waals surface area contributed by atoms with Gasteiger partial charge in [0.15, 0.2) is 0 Å². The van der Waals surface area contributed by atoms with Gasteiger partial charge in [-0.1, -0.05) is 48.5 Å². The number of nitrogens with one attached hydrogen (secondary N) is 1. The molecule has 0 radical (unpaired) electrons. The largest absolute Gasteiger partial charge is 0.296 e. The van der Waals surface area contributed by atoms with E-state index in [1.165, 1.54) is 17.6 Å². The Morgan fingerprint density at radius 3 is 2.81 bits per heavy atom. The molecule has 0 bridgehead atoms. The van der Waals surface area contributed by atoms with Crippen LogP contribution in [0.25, 0.3) is 0 Å². The van der Waals surface area contributed by atoms with Crippen LogP contribution in [-0.2, 0) is 4.84 Å². The summed E-state index contributed by atoms with van der Waals surface area (Å²) in [6, 6.07) is 10.3. The third-order valence-corrected chi connectivity index (χ3v) is 5.47. The van der Waals surface area contributed by atoms with E-state index in [4.69, 9.17) is 4.84 Å². The van der Waals surface area contributed by atoms with Gasteiger partial charge in [0, 0.05) is 6.54 Å². The van der Waals surface area contributed by atoms with Gasteiger partial charge in [-0.15, -0.1) is 0 Å². The van der Waals surface area contributed by atoms with E-state index < -0.39 is 0 Å². The van der Waals surface area contributed by atoms with Crippen LogP contribution in [0.4, 0.5) is 0 Å². The van der Waals surface area contributed by atoms with E-state index in [1.54, 1.807) is 0 Å². The first-order valence-electron chi connectivity index (χ1n) is 9.94. The average Bonchev–Trinajstić information content (AvgIpc) is 2.78. The number of hydrogen-bond acceptors (Lipinski definition) is 5. The van der Waals surface area contributed by atoms with Gasteiger partial charge in [0.1, 0.15) is 6.17 Å². The molecule has 1 aromatic rings. The van der Waals surface area contributed by atoms with Crippen LogP contribution in [-0.4, -0.2) is 30.8 Å². The summed E-state index contributed by atoms with van der Waals surface area (Å²) < 4.78 is 0. The van der Waals surface area contributed by atoms with Gasteiger partial charge in [-0.05, 0) is 62.1 Å². The van der Waals surface area contributed by atoms with Crippen molar-refractivity contribution in [2.45, 2.75) is 57.7 Å². The van der Waals surface area contributed by atoms with Gasteiger partial charge in [0.25, 0.3) is 0 Å². The number of hydrogen-bond donors (Lipinski definition) is 1. The molecule has 5 heteroatoms. The molecule has 5 nitrogen and oxygen atoms in total. The first-order valence-corrected chi connectivity index (χ1v) is 9.94. The lowest BCUT2D eigenvalue weighted by atomic mass is 9.91. The molecular formula is C21H31N3O2. The normalized spacial score (nSPS) is 28.5. The molecule has 1 N–H and O–H groups in total. The van der Waals surface area contributed by atoms with Gasteiger partial charge in [-0.2, -0.15) is 9.97 Å². The van der Waals surface area contributed by atoms with Crippen molar-refractivity contribution in [3.05, 3.63) is 52.5 Å². The Kier molecular flexibility index (Phi) is 7.35. The highest BCUT2D eigenvalue weighted by Crippen LogP contribution is 2.26. The van der Waals surface area contributed by atoms with Crippen molar-refractivity contribution in [2.24, 2.45) is 11.1 Å². The predicted molar refractivity (Wildman–Crippen MR) is 104 cm³/mol. The van der Waals surface area contributed by atoms with Crippen molar-refractivity contribution in [1.82, 2.24) is 10.4 Å². The quantitative estimate of drug-likeness (QED) is 0.619. The molecule has 0 amide bonds. The molecule has 26 heavy (non-hydrogen) atoms. The molecule has 142 valence electrons. The minimum atomic E-state index is -0.118. The van der Waals surface area contributed by atoms with Crippen LogP contribution < -0.4 is 5.32 Å². The van der Waals surface area contributed by atoms with E-state index in [0.717, 1.165) is 44.6 Å². The van der Waals surface area contributed by atoms with Crippen molar-refractivity contribution in [1.29, 1.82) is 0 Å². The summed E-state index contributed by atoms with van der Waals surface area (Å²) >= 11 is 0. The van der Waals surface area contributed by atoms with Crippen molar-refractivity contribution < 1.29 is 4.84 Å². The fourth-order valence-corrected chi connectivity index (χ4v) is 3.71. The van der Waals surface area contributed by atoms with Crippen molar-refractivity contribution in [2.75, 3.05) is 19.7 Å². The number of nitrogens with zero attached hydrogens (tertiary/aromatic N) is 2. The molecule has 1 fully saturated rings. The molecule has 2 aliphatic rings. The number of benzene rings is 1. The summed E-state index contributed by atoms with van der Waals surface area (Å²) in [6.45, 7) is 4.49. The number of allylic oxidation sites excluding steroid dienone is 1. The standard InChI is InChI=1S/C21H31N3O2/c1-17-9-11-18(12-10-17)16-26-24-15-13-20(23-25)8-5-14-22-21(24)19-6-3-2-4-7-19/h2-4,6-7,11,17,20-22H,5,8-10,12-16H2,1H3. The van der Waals surface area contributed by atoms with Crippen LogP contribution in [0.15, 0.2) is 47.2 Å². The smallest absolute Gasteiger partial charge is 0.110 e. The second-order valence-corrected chi connectivity index (χ2v) is 7.61. The Labute approximate surface area is 156 Å². The Hall–Kier alpha value is -1.56. The third-order valence-electron chi connectivity index (χ3n) is 5.47. The highest BCUT2D eigenvalue weighted by Gasteiger charge is 2.25. The maximum absolute atomic E-state index is 11.1. The van der Waals surface area contributed by atoms with Crippen molar-refractivity contribution in [3.63, 3.8) is 0 Å². The molecule has 0 saturated carbocycles. The first kappa shape index (κ1) is 19.2. The van der Waals surface area contributed by atoms with Gasteiger partial charge < -0.3 is 0 Å². The highest BCUT2D eigenvalue weighted by molar-refractivity contribution is 5.18. The topological polar surface area (TPSA) is 53.9 Å². The van der Waals surface area contributed by atoms with E-state index in [2.05, 4.69) is 47.8 Å². The average molecular weight is 357 g/mol. The van der Waals surface area contributed by atoms with E-state index in [1.807, 2.05) is 11.1 Å². The number of nitroso groups, excluding NO2 is 1. The second kappa shape index (κ2) is 9.95. The van der Waals surface area contributed by atoms with E-state index in [0.29, 0.717) is 13.2 Å². The summed E-state index contributed by atoms with van der Waals surface area (Å²) in [5.74, 6) is 0.780. The summed E-state index contributed by atoms with van der Waals surface area (Å²) in [7, 11) is 0. The Balaban J connectivity index is 1.71. The summed E-state index contributed by atoms with van der Waals surface area (Å²) in [6.07, 6.45) is 8.39. The molecule has 3 unspecified atom stereocenters. The monoisotopic (exact) mass is 357 g/mol. The Morgan fingerprint density at radius 1 is 1.23 bits per heavy atom. The van der Waals surface area contributed by atoms with Crippen molar-refractivity contribution in [3.8, 4) is 0 Å². The zero-order valence-corrected chi connectivity index (χ0v) is 15.8. The molecule has 3 rings (SSSR count). The maximum Gasteiger partial charge on any atom is 0.110 e. The summed E-state index contributed by atoms with van der Waals surface area (Å²) in [5, 5.41) is 8.94. The zero-order chi connectivity index (χ0) is 18.2. The van der Waals surface area contributed by atoms with Crippen molar-refractivity contribution >= 4 is 0 Å². The third kappa shape index (κ3) is 5.47. The molecule has 0 aromatic heterocycles. The van der Waals surface area contributed by atoms with E-state index >= 15 is 0 Å². The summed E-state index contributed by atoms with van der Waals surface area (Å²) in [5.41, 5.74) is 2.58. The first-order chi connectivity index (χ1) is 12.8. The second-order valence-electron chi connectivity index (χ2n) is 7.61. The lowest BCUT2D eigenvalue weighted by Gasteiger charge is -2.32. The fraction of sp³-hybridized carbons (Fsp3) is 0.619. The number of rotatable bonds is 5. The molecule has 1 aliphatic heterocycles. The van der Waals surface area contributed by atoms with Crippen LogP contribution in [0.2, 0.25) is 0 Å². The molecule has 0 spiro atoms. The van der Waals surface area contributed by atoms with Crippen LogP contribution in [0.1, 0.15) is 57.2 Å². The molecule has 1 heterocycles. The minimum Gasteiger partial charge on any atom is -0.296 e. The van der Waals surface area contributed by atoms with Crippen LogP contribution in [0.5, 0.6) is 0 Å². The van der Waals surface area contributed by atoms with Gasteiger partial charge in [-0.3, -0.25) is 10.2 Å². The van der Waals surface area contributed by atoms with Crippen LogP contribution in [0, 0.1) is 10.8 Å².